The standard InChI is InChI=1S/C28H30N2O4/c1-18(2)10-24-14-22-11-19(17-33-26-7-5-4-6-21(26)15-27(31)32-3)12-25(28(22)34-24)20-8-9-30-23(13-20)16-29/h4-9,11-14,18H,10,15-17,29H2,1-3H3. The number of hydrogen-bond donors (Lipinski definition) is 1. The molecule has 0 saturated heterocycles. The van der Waals surface area contributed by atoms with Gasteiger partial charge in [-0.25, -0.2) is 0 Å². The minimum Gasteiger partial charge on any atom is -0.489 e. The number of rotatable bonds is 9. The maximum atomic E-state index is 11.8. The molecule has 176 valence electrons. The van der Waals surface area contributed by atoms with Gasteiger partial charge in [-0.15, -0.1) is 0 Å². The number of para-hydroxylation sites is 1. The lowest BCUT2D eigenvalue weighted by atomic mass is 10.0. The minimum atomic E-state index is -0.302. The van der Waals surface area contributed by atoms with Crippen LogP contribution in [0.25, 0.3) is 22.1 Å². The van der Waals surface area contributed by atoms with E-state index in [9.17, 15) is 4.79 Å². The van der Waals surface area contributed by atoms with Crippen molar-refractivity contribution in [3.63, 3.8) is 0 Å². The molecule has 0 atom stereocenters. The number of ether oxygens (including phenoxy) is 2. The second kappa shape index (κ2) is 10.5. The molecule has 34 heavy (non-hydrogen) atoms. The zero-order valence-corrected chi connectivity index (χ0v) is 19.8. The highest BCUT2D eigenvalue weighted by atomic mass is 16.5. The van der Waals surface area contributed by atoms with Crippen molar-refractivity contribution in [2.75, 3.05) is 7.11 Å². The molecule has 0 unspecified atom stereocenters. The van der Waals surface area contributed by atoms with Gasteiger partial charge < -0.3 is 19.6 Å². The number of nitrogens with zero attached hydrogens (tertiary/aromatic N) is 1. The number of nitrogens with two attached hydrogens (primary N) is 1. The van der Waals surface area contributed by atoms with Crippen LogP contribution >= 0.6 is 0 Å². The molecule has 0 radical (unpaired) electrons. The van der Waals surface area contributed by atoms with Crippen molar-refractivity contribution >= 4 is 16.9 Å². The molecular formula is C28H30N2O4. The van der Waals surface area contributed by atoms with E-state index in [1.165, 1.54) is 7.11 Å². The average Bonchev–Trinajstić information content (AvgIpc) is 3.24. The van der Waals surface area contributed by atoms with E-state index in [1.54, 1.807) is 6.20 Å². The van der Waals surface area contributed by atoms with E-state index >= 15 is 0 Å². The fourth-order valence-electron chi connectivity index (χ4n) is 4.01. The Kier molecular flexibility index (Phi) is 7.28. The van der Waals surface area contributed by atoms with Crippen LogP contribution in [-0.4, -0.2) is 18.1 Å². The molecule has 2 heterocycles. The van der Waals surface area contributed by atoms with Gasteiger partial charge in [0.2, 0.25) is 0 Å². The zero-order valence-electron chi connectivity index (χ0n) is 19.8. The lowest BCUT2D eigenvalue weighted by Crippen LogP contribution is -2.06. The number of benzene rings is 2. The second-order valence-corrected chi connectivity index (χ2v) is 8.76. The Morgan fingerprint density at radius 1 is 1.12 bits per heavy atom. The van der Waals surface area contributed by atoms with Crippen LogP contribution < -0.4 is 10.5 Å². The normalized spacial score (nSPS) is 11.2. The van der Waals surface area contributed by atoms with Gasteiger partial charge in [-0.1, -0.05) is 32.0 Å². The minimum absolute atomic E-state index is 0.163. The first-order chi connectivity index (χ1) is 16.5. The first-order valence-corrected chi connectivity index (χ1v) is 11.4. The maximum Gasteiger partial charge on any atom is 0.310 e. The van der Waals surface area contributed by atoms with Gasteiger partial charge in [0.1, 0.15) is 23.7 Å². The molecule has 0 bridgehead atoms. The van der Waals surface area contributed by atoms with Crippen molar-refractivity contribution in [2.24, 2.45) is 11.7 Å². The molecule has 4 rings (SSSR count). The highest BCUT2D eigenvalue weighted by molar-refractivity contribution is 5.93. The SMILES string of the molecule is COC(=O)Cc1ccccc1OCc1cc(-c2ccnc(CN)c2)c2oc(CC(C)C)cc2c1. The molecule has 6 nitrogen and oxygen atoms in total. The van der Waals surface area contributed by atoms with Crippen LogP contribution in [0.2, 0.25) is 0 Å². The zero-order chi connectivity index (χ0) is 24.1. The Morgan fingerprint density at radius 3 is 2.71 bits per heavy atom. The number of methoxy groups -OCH3 is 1. The Hall–Kier alpha value is -3.64. The summed E-state index contributed by atoms with van der Waals surface area (Å²) in [4.78, 5) is 16.1. The summed E-state index contributed by atoms with van der Waals surface area (Å²) < 4.78 is 17.3. The summed E-state index contributed by atoms with van der Waals surface area (Å²) in [6, 6.07) is 17.8. The summed E-state index contributed by atoms with van der Waals surface area (Å²) in [7, 11) is 1.39. The van der Waals surface area contributed by atoms with Gasteiger partial charge in [-0.2, -0.15) is 0 Å². The van der Waals surface area contributed by atoms with Gasteiger partial charge in [0.25, 0.3) is 0 Å². The van der Waals surface area contributed by atoms with Crippen LogP contribution in [0.15, 0.2) is 65.2 Å². The summed E-state index contributed by atoms with van der Waals surface area (Å²) in [5, 5.41) is 1.03. The van der Waals surface area contributed by atoms with Crippen LogP contribution in [0.3, 0.4) is 0 Å². The van der Waals surface area contributed by atoms with Crippen LogP contribution in [0.4, 0.5) is 0 Å². The number of esters is 1. The van der Waals surface area contributed by atoms with Crippen LogP contribution in [0, 0.1) is 5.92 Å². The van der Waals surface area contributed by atoms with E-state index in [4.69, 9.17) is 19.6 Å². The van der Waals surface area contributed by atoms with Crippen molar-refractivity contribution < 1.29 is 18.7 Å². The first-order valence-electron chi connectivity index (χ1n) is 11.4. The maximum absolute atomic E-state index is 11.8. The van der Waals surface area contributed by atoms with Crippen molar-refractivity contribution in [1.82, 2.24) is 4.98 Å². The molecule has 0 amide bonds. The third-order valence-corrected chi connectivity index (χ3v) is 5.60. The number of carbonyl (C=O) groups is 1. The predicted molar refractivity (Wildman–Crippen MR) is 132 cm³/mol. The molecule has 2 N–H and O–H groups in total. The third kappa shape index (κ3) is 5.46. The largest absolute Gasteiger partial charge is 0.489 e. The topological polar surface area (TPSA) is 87.6 Å². The fourth-order valence-corrected chi connectivity index (χ4v) is 4.01. The number of fused-ring (bicyclic) bond motifs is 1. The lowest BCUT2D eigenvalue weighted by Gasteiger charge is -2.12. The van der Waals surface area contributed by atoms with E-state index in [-0.39, 0.29) is 12.4 Å². The van der Waals surface area contributed by atoms with Gasteiger partial charge in [0.05, 0.1) is 19.2 Å². The summed E-state index contributed by atoms with van der Waals surface area (Å²) >= 11 is 0. The summed E-state index contributed by atoms with van der Waals surface area (Å²) in [5.74, 6) is 1.81. The molecule has 4 aromatic rings. The van der Waals surface area contributed by atoms with E-state index in [0.717, 1.165) is 51.1 Å². The van der Waals surface area contributed by atoms with Crippen LogP contribution in [0.5, 0.6) is 5.75 Å². The fraction of sp³-hybridized carbons (Fsp3) is 0.286. The van der Waals surface area contributed by atoms with Gasteiger partial charge in [0.15, 0.2) is 0 Å². The van der Waals surface area contributed by atoms with Crippen LogP contribution in [-0.2, 0) is 35.5 Å². The third-order valence-electron chi connectivity index (χ3n) is 5.60. The summed E-state index contributed by atoms with van der Waals surface area (Å²) in [5.41, 5.74) is 11.3. The lowest BCUT2D eigenvalue weighted by molar-refractivity contribution is -0.139. The second-order valence-electron chi connectivity index (χ2n) is 8.76. The van der Waals surface area contributed by atoms with Gasteiger partial charge in [-0.05, 0) is 53.4 Å². The number of carbonyl (C=O) groups excluding carboxylic acids is 1. The molecule has 0 aliphatic carbocycles. The van der Waals surface area contributed by atoms with Gasteiger partial charge in [0, 0.05) is 35.7 Å². The van der Waals surface area contributed by atoms with E-state index in [0.29, 0.717) is 24.8 Å². The monoisotopic (exact) mass is 458 g/mol. The number of furan rings is 1. The number of hydrogen-bond acceptors (Lipinski definition) is 6. The van der Waals surface area contributed by atoms with Crippen LogP contribution in [0.1, 0.15) is 36.4 Å². The van der Waals surface area contributed by atoms with E-state index in [2.05, 4.69) is 37.0 Å². The van der Waals surface area contributed by atoms with Crippen molar-refractivity contribution in [1.29, 1.82) is 0 Å². The van der Waals surface area contributed by atoms with Gasteiger partial charge in [-0.3, -0.25) is 9.78 Å². The molecule has 0 fully saturated rings. The summed E-state index contributed by atoms with van der Waals surface area (Å²) in [6.07, 6.45) is 2.80. The highest BCUT2D eigenvalue weighted by Gasteiger charge is 2.15. The van der Waals surface area contributed by atoms with Crippen molar-refractivity contribution in [2.45, 2.75) is 39.8 Å². The molecule has 0 aliphatic rings. The molecule has 0 saturated carbocycles. The number of aromatic nitrogens is 1. The Bertz CT molecular complexity index is 1290. The van der Waals surface area contributed by atoms with Crippen molar-refractivity contribution in [3.8, 4) is 16.9 Å². The first kappa shape index (κ1) is 23.5. The summed E-state index contributed by atoms with van der Waals surface area (Å²) in [6.45, 7) is 5.07. The van der Waals surface area contributed by atoms with E-state index in [1.807, 2.05) is 36.4 Å². The average molecular weight is 459 g/mol. The Labute approximate surface area is 199 Å². The Balaban J connectivity index is 1.70. The molecule has 2 aromatic carbocycles. The Morgan fingerprint density at radius 2 is 1.94 bits per heavy atom. The van der Waals surface area contributed by atoms with Crippen molar-refractivity contribution in [3.05, 3.63) is 83.4 Å². The molecule has 6 heteroatoms. The molecular weight excluding hydrogens is 428 g/mol. The molecule has 0 aliphatic heterocycles. The predicted octanol–water partition coefficient (Wildman–Crippen LogP) is 5.45. The molecule has 2 aromatic heterocycles. The highest BCUT2D eigenvalue weighted by Crippen LogP contribution is 2.34. The molecule has 0 spiro atoms. The number of pyridine rings is 1. The van der Waals surface area contributed by atoms with E-state index < -0.39 is 0 Å². The van der Waals surface area contributed by atoms with Gasteiger partial charge >= 0.3 is 5.97 Å². The quantitative estimate of drug-likeness (QED) is 0.336. The smallest absolute Gasteiger partial charge is 0.310 e.